The van der Waals surface area contributed by atoms with Crippen molar-refractivity contribution in [3.63, 3.8) is 0 Å². The van der Waals surface area contributed by atoms with E-state index in [2.05, 4.69) is 13.5 Å². The minimum Gasteiger partial charge on any atom is -0.299 e. The highest BCUT2D eigenvalue weighted by atomic mass is 16.1. The van der Waals surface area contributed by atoms with E-state index in [9.17, 15) is 4.79 Å². The summed E-state index contributed by atoms with van der Waals surface area (Å²) in [6.45, 7) is 5.88. The van der Waals surface area contributed by atoms with E-state index < -0.39 is 0 Å². The van der Waals surface area contributed by atoms with Gasteiger partial charge in [-0.15, -0.1) is 6.58 Å². The lowest BCUT2D eigenvalue weighted by atomic mass is 9.82. The van der Waals surface area contributed by atoms with Crippen LogP contribution in [-0.4, -0.2) is 5.78 Å². The van der Waals surface area contributed by atoms with Crippen LogP contribution in [0.15, 0.2) is 12.7 Å². The zero-order valence-electron chi connectivity index (χ0n) is 8.59. The first kappa shape index (κ1) is 10.5. The van der Waals surface area contributed by atoms with Crippen LogP contribution >= 0.6 is 0 Å². The molecule has 0 bridgehead atoms. The van der Waals surface area contributed by atoms with Gasteiger partial charge < -0.3 is 0 Å². The maximum Gasteiger partial charge on any atom is 0.136 e. The summed E-state index contributed by atoms with van der Waals surface area (Å²) in [4.78, 5) is 11.7. The van der Waals surface area contributed by atoms with Gasteiger partial charge in [-0.05, 0) is 18.8 Å². The molecule has 0 radical (unpaired) electrons. The second-order valence-corrected chi connectivity index (χ2v) is 4.12. The first-order chi connectivity index (χ1) is 6.25. The SMILES string of the molecule is C=CC(C)C1CCCCCCC1=O. The highest BCUT2D eigenvalue weighted by Crippen LogP contribution is 2.26. The Morgan fingerprint density at radius 2 is 2.08 bits per heavy atom. The molecule has 2 unspecified atom stereocenters. The monoisotopic (exact) mass is 180 g/mol. The molecule has 2 atom stereocenters. The Balaban J connectivity index is 2.55. The summed E-state index contributed by atoms with van der Waals surface area (Å²) in [5.41, 5.74) is 0. The van der Waals surface area contributed by atoms with Gasteiger partial charge in [-0.1, -0.05) is 32.3 Å². The van der Waals surface area contributed by atoms with Gasteiger partial charge in [0.2, 0.25) is 0 Å². The first-order valence-electron chi connectivity index (χ1n) is 5.41. The van der Waals surface area contributed by atoms with Crippen molar-refractivity contribution in [3.05, 3.63) is 12.7 Å². The lowest BCUT2D eigenvalue weighted by Crippen LogP contribution is -2.21. The lowest BCUT2D eigenvalue weighted by Gasteiger charge is -2.22. The fourth-order valence-corrected chi connectivity index (χ4v) is 2.08. The molecule has 0 spiro atoms. The van der Waals surface area contributed by atoms with Crippen molar-refractivity contribution < 1.29 is 4.79 Å². The van der Waals surface area contributed by atoms with E-state index in [1.807, 2.05) is 6.08 Å². The van der Waals surface area contributed by atoms with Gasteiger partial charge in [0.25, 0.3) is 0 Å². The molecule has 1 rings (SSSR count). The average Bonchev–Trinajstić information content (AvgIpc) is 2.11. The molecule has 1 heteroatoms. The smallest absolute Gasteiger partial charge is 0.136 e. The maximum absolute atomic E-state index is 11.7. The molecule has 0 heterocycles. The Labute approximate surface area is 81.2 Å². The molecule has 13 heavy (non-hydrogen) atoms. The lowest BCUT2D eigenvalue weighted by molar-refractivity contribution is -0.124. The van der Waals surface area contributed by atoms with E-state index in [1.165, 1.54) is 19.3 Å². The largest absolute Gasteiger partial charge is 0.299 e. The number of rotatable bonds is 2. The highest BCUT2D eigenvalue weighted by molar-refractivity contribution is 5.81. The summed E-state index contributed by atoms with van der Waals surface area (Å²) in [5, 5.41) is 0. The van der Waals surface area contributed by atoms with Crippen molar-refractivity contribution in [1.29, 1.82) is 0 Å². The standard InChI is InChI=1S/C12H20O/c1-3-10(2)11-8-6-4-5-7-9-12(11)13/h3,10-11H,1,4-9H2,2H3. The molecule has 0 aliphatic heterocycles. The molecule has 0 amide bonds. The number of Topliss-reactive ketones (excluding diaryl/α,β-unsaturated/α-hetero) is 1. The van der Waals surface area contributed by atoms with Gasteiger partial charge in [-0.2, -0.15) is 0 Å². The van der Waals surface area contributed by atoms with E-state index in [0.717, 1.165) is 19.3 Å². The zero-order chi connectivity index (χ0) is 9.68. The summed E-state index contributed by atoms with van der Waals surface area (Å²) in [7, 11) is 0. The highest BCUT2D eigenvalue weighted by Gasteiger charge is 2.23. The van der Waals surface area contributed by atoms with Crippen LogP contribution in [0.4, 0.5) is 0 Å². The molecule has 1 fully saturated rings. The van der Waals surface area contributed by atoms with Gasteiger partial charge in [0.1, 0.15) is 5.78 Å². The number of hydrogen-bond donors (Lipinski definition) is 0. The fraction of sp³-hybridized carbons (Fsp3) is 0.750. The van der Waals surface area contributed by atoms with E-state index >= 15 is 0 Å². The molecule has 0 saturated heterocycles. The second kappa shape index (κ2) is 5.21. The molecular weight excluding hydrogens is 160 g/mol. The van der Waals surface area contributed by atoms with Crippen LogP contribution in [0.1, 0.15) is 45.4 Å². The van der Waals surface area contributed by atoms with Crippen molar-refractivity contribution >= 4 is 5.78 Å². The minimum atomic E-state index is 0.262. The molecule has 0 aromatic carbocycles. The van der Waals surface area contributed by atoms with Gasteiger partial charge in [0, 0.05) is 12.3 Å². The van der Waals surface area contributed by atoms with Gasteiger partial charge in [0.15, 0.2) is 0 Å². The van der Waals surface area contributed by atoms with Gasteiger partial charge in [0.05, 0.1) is 0 Å². The van der Waals surface area contributed by atoms with Crippen LogP contribution < -0.4 is 0 Å². The van der Waals surface area contributed by atoms with Gasteiger partial charge in [-0.3, -0.25) is 4.79 Å². The molecule has 0 aromatic rings. The van der Waals surface area contributed by atoms with Crippen molar-refractivity contribution in [2.45, 2.75) is 45.4 Å². The molecule has 1 aliphatic carbocycles. The molecule has 1 nitrogen and oxygen atoms in total. The topological polar surface area (TPSA) is 17.1 Å². The Morgan fingerprint density at radius 3 is 2.77 bits per heavy atom. The number of hydrogen-bond acceptors (Lipinski definition) is 1. The summed E-state index contributed by atoms with van der Waals surface area (Å²) in [6, 6.07) is 0. The third-order valence-electron chi connectivity index (χ3n) is 3.11. The van der Waals surface area contributed by atoms with Crippen LogP contribution in [0.2, 0.25) is 0 Å². The Morgan fingerprint density at radius 1 is 1.38 bits per heavy atom. The van der Waals surface area contributed by atoms with E-state index in [1.54, 1.807) is 0 Å². The predicted molar refractivity (Wildman–Crippen MR) is 55.6 cm³/mol. The van der Waals surface area contributed by atoms with Crippen LogP contribution in [0.3, 0.4) is 0 Å². The first-order valence-corrected chi connectivity index (χ1v) is 5.41. The average molecular weight is 180 g/mol. The third kappa shape index (κ3) is 2.98. The van der Waals surface area contributed by atoms with Gasteiger partial charge in [-0.25, -0.2) is 0 Å². The Bertz CT molecular complexity index is 184. The molecule has 74 valence electrons. The quantitative estimate of drug-likeness (QED) is 0.596. The van der Waals surface area contributed by atoms with Crippen molar-refractivity contribution in [1.82, 2.24) is 0 Å². The van der Waals surface area contributed by atoms with Crippen molar-refractivity contribution in [2.75, 3.05) is 0 Å². The molecule has 1 saturated carbocycles. The fourth-order valence-electron chi connectivity index (χ4n) is 2.08. The number of ketones is 1. The van der Waals surface area contributed by atoms with Gasteiger partial charge >= 0.3 is 0 Å². The second-order valence-electron chi connectivity index (χ2n) is 4.12. The molecule has 0 aromatic heterocycles. The molecule has 0 N–H and O–H groups in total. The Hall–Kier alpha value is -0.590. The normalized spacial score (nSPS) is 27.5. The van der Waals surface area contributed by atoms with E-state index in [4.69, 9.17) is 0 Å². The van der Waals surface area contributed by atoms with Crippen LogP contribution in [0, 0.1) is 11.8 Å². The zero-order valence-corrected chi connectivity index (χ0v) is 8.59. The van der Waals surface area contributed by atoms with Crippen molar-refractivity contribution in [2.24, 2.45) is 11.8 Å². The third-order valence-corrected chi connectivity index (χ3v) is 3.11. The summed E-state index contributed by atoms with van der Waals surface area (Å²) >= 11 is 0. The number of allylic oxidation sites excluding steroid dienone is 1. The van der Waals surface area contributed by atoms with Crippen molar-refractivity contribution in [3.8, 4) is 0 Å². The predicted octanol–water partition coefficient (Wildman–Crippen LogP) is 3.35. The number of carbonyl (C=O) groups is 1. The summed E-state index contributed by atoms with van der Waals surface area (Å²) in [5.74, 6) is 1.09. The van der Waals surface area contributed by atoms with Crippen LogP contribution in [-0.2, 0) is 4.79 Å². The van der Waals surface area contributed by atoms with Crippen LogP contribution in [0.5, 0.6) is 0 Å². The number of carbonyl (C=O) groups excluding carboxylic acids is 1. The molecular formula is C12H20O. The summed E-state index contributed by atoms with van der Waals surface area (Å²) in [6.07, 6.45) is 8.64. The maximum atomic E-state index is 11.7. The minimum absolute atomic E-state index is 0.262. The van der Waals surface area contributed by atoms with E-state index in [-0.39, 0.29) is 5.92 Å². The van der Waals surface area contributed by atoms with Crippen LogP contribution in [0.25, 0.3) is 0 Å². The summed E-state index contributed by atoms with van der Waals surface area (Å²) < 4.78 is 0. The van der Waals surface area contributed by atoms with E-state index in [0.29, 0.717) is 11.7 Å². The Kier molecular flexibility index (Phi) is 4.20. The molecule has 1 aliphatic rings.